The monoisotopic (exact) mass is 386 g/mol. The minimum atomic E-state index is -3.57. The van der Waals surface area contributed by atoms with E-state index in [9.17, 15) is 13.2 Å². The molecule has 0 spiro atoms. The third-order valence-electron chi connectivity index (χ3n) is 5.30. The van der Waals surface area contributed by atoms with Crippen molar-refractivity contribution in [2.24, 2.45) is 5.92 Å². The van der Waals surface area contributed by atoms with Crippen molar-refractivity contribution in [2.45, 2.75) is 30.7 Å². The number of hydrogen-bond donors (Lipinski definition) is 0. The van der Waals surface area contributed by atoms with E-state index in [1.54, 1.807) is 41.4 Å². The molecule has 142 valence electrons. The van der Waals surface area contributed by atoms with Crippen LogP contribution in [0.4, 0.5) is 0 Å². The molecule has 0 bridgehead atoms. The lowest BCUT2D eigenvalue weighted by Crippen LogP contribution is -2.47. The molecule has 0 aliphatic carbocycles. The van der Waals surface area contributed by atoms with Crippen LogP contribution in [0.15, 0.2) is 47.8 Å². The summed E-state index contributed by atoms with van der Waals surface area (Å²) < 4.78 is 27.2. The zero-order valence-corrected chi connectivity index (χ0v) is 15.8. The quantitative estimate of drug-likeness (QED) is 0.798. The third kappa shape index (κ3) is 3.59. The second-order valence-electron chi connectivity index (χ2n) is 7.02. The molecule has 1 aromatic carbocycles. The predicted octanol–water partition coefficient (Wildman–Crippen LogP) is 1.46. The van der Waals surface area contributed by atoms with Crippen LogP contribution in [0, 0.1) is 5.92 Å². The number of benzene rings is 1. The first-order valence-corrected chi connectivity index (χ1v) is 10.6. The lowest BCUT2D eigenvalue weighted by Gasteiger charge is -2.35. The third-order valence-corrected chi connectivity index (χ3v) is 7.18. The predicted molar refractivity (Wildman–Crippen MR) is 99.1 cm³/mol. The van der Waals surface area contributed by atoms with Crippen LogP contribution in [0.2, 0.25) is 0 Å². The molecule has 8 heteroatoms. The first-order valence-electron chi connectivity index (χ1n) is 9.17. The fraction of sp³-hybridized carbons (Fsp3) is 0.421. The fourth-order valence-electron chi connectivity index (χ4n) is 3.80. The molecule has 0 unspecified atom stereocenters. The number of fused-ring (bicyclic) bond motifs is 1. The number of rotatable bonds is 3. The molecule has 27 heavy (non-hydrogen) atoms. The van der Waals surface area contributed by atoms with Gasteiger partial charge in [-0.15, -0.1) is 0 Å². The van der Waals surface area contributed by atoms with Crippen molar-refractivity contribution in [3.63, 3.8) is 0 Å². The van der Waals surface area contributed by atoms with E-state index in [2.05, 4.69) is 9.97 Å². The molecule has 0 N–H and O–H groups in total. The van der Waals surface area contributed by atoms with Crippen molar-refractivity contribution in [3.8, 4) is 0 Å². The Labute approximate surface area is 159 Å². The van der Waals surface area contributed by atoms with Gasteiger partial charge in [0.2, 0.25) is 15.9 Å². The smallest absolute Gasteiger partial charge is 0.243 e. The summed E-state index contributed by atoms with van der Waals surface area (Å²) in [5, 5.41) is 0. The maximum Gasteiger partial charge on any atom is 0.243 e. The number of piperidine rings is 1. The van der Waals surface area contributed by atoms with Crippen LogP contribution >= 0.6 is 0 Å². The Hall–Kier alpha value is -2.32. The van der Waals surface area contributed by atoms with Gasteiger partial charge in [-0.05, 0) is 37.0 Å². The number of sulfonamides is 1. The molecular weight excluding hydrogens is 364 g/mol. The van der Waals surface area contributed by atoms with Gasteiger partial charge in [0.05, 0.1) is 23.1 Å². The van der Waals surface area contributed by atoms with Gasteiger partial charge in [0.1, 0.15) is 6.33 Å². The molecule has 2 aromatic rings. The lowest BCUT2D eigenvalue weighted by atomic mass is 9.96. The number of aromatic nitrogens is 2. The first kappa shape index (κ1) is 18.1. The van der Waals surface area contributed by atoms with Gasteiger partial charge < -0.3 is 4.90 Å². The molecule has 1 saturated heterocycles. The average Bonchev–Trinajstić information content (AvgIpc) is 2.73. The largest absolute Gasteiger partial charge is 0.336 e. The maximum absolute atomic E-state index is 13.0. The zero-order chi connectivity index (χ0) is 18.9. The molecule has 3 heterocycles. The summed E-state index contributed by atoms with van der Waals surface area (Å²) in [5.74, 6) is -0.284. The number of nitrogens with zero attached hydrogens (tertiary/aromatic N) is 4. The SMILES string of the molecule is O=C([C@H]1CCCN(S(=O)(=O)c2ccccc2)C1)N1CCc2cncnc2C1. The van der Waals surface area contributed by atoms with Gasteiger partial charge in [0, 0.05) is 25.8 Å². The van der Waals surface area contributed by atoms with Crippen LogP contribution in [0.25, 0.3) is 0 Å². The van der Waals surface area contributed by atoms with Crippen LogP contribution in [0.5, 0.6) is 0 Å². The highest BCUT2D eigenvalue weighted by atomic mass is 32.2. The van der Waals surface area contributed by atoms with Crippen LogP contribution in [0.1, 0.15) is 24.1 Å². The van der Waals surface area contributed by atoms with Crippen molar-refractivity contribution in [1.82, 2.24) is 19.2 Å². The van der Waals surface area contributed by atoms with Crippen molar-refractivity contribution in [2.75, 3.05) is 19.6 Å². The van der Waals surface area contributed by atoms with Crippen LogP contribution in [0.3, 0.4) is 0 Å². The van der Waals surface area contributed by atoms with Crippen molar-refractivity contribution >= 4 is 15.9 Å². The highest BCUT2D eigenvalue weighted by Crippen LogP contribution is 2.26. The summed E-state index contributed by atoms with van der Waals surface area (Å²) in [6, 6.07) is 8.42. The minimum absolute atomic E-state index is 0.0206. The van der Waals surface area contributed by atoms with E-state index in [0.29, 0.717) is 32.5 Å². The van der Waals surface area contributed by atoms with E-state index in [-0.39, 0.29) is 23.3 Å². The molecule has 1 fully saturated rings. The van der Waals surface area contributed by atoms with Gasteiger partial charge in [-0.25, -0.2) is 18.4 Å². The lowest BCUT2D eigenvalue weighted by molar-refractivity contribution is -0.137. The van der Waals surface area contributed by atoms with Gasteiger partial charge in [-0.2, -0.15) is 4.31 Å². The van der Waals surface area contributed by atoms with Crippen molar-refractivity contribution in [1.29, 1.82) is 0 Å². The Kier molecular flexibility index (Phi) is 4.92. The molecule has 1 atom stereocenters. The molecule has 1 amide bonds. The zero-order valence-electron chi connectivity index (χ0n) is 15.0. The standard InChI is InChI=1S/C19H22N4O3S/c24-19(22-10-8-15-11-20-14-21-18(15)13-22)16-5-4-9-23(12-16)27(25,26)17-6-2-1-3-7-17/h1-3,6-7,11,14,16H,4-5,8-10,12-13H2/t16-/m0/s1. The normalized spacial score (nSPS) is 20.9. The topological polar surface area (TPSA) is 83.5 Å². The summed E-state index contributed by atoms with van der Waals surface area (Å²) in [6.45, 7) is 1.79. The highest BCUT2D eigenvalue weighted by molar-refractivity contribution is 7.89. The van der Waals surface area contributed by atoms with Crippen LogP contribution in [-0.4, -0.2) is 53.1 Å². The molecule has 1 aromatic heterocycles. The van der Waals surface area contributed by atoms with Crippen LogP contribution in [-0.2, 0) is 27.8 Å². The van der Waals surface area contributed by atoms with E-state index in [0.717, 1.165) is 17.7 Å². The highest BCUT2D eigenvalue weighted by Gasteiger charge is 2.35. The van der Waals surface area contributed by atoms with Gasteiger partial charge in [-0.3, -0.25) is 4.79 Å². The second kappa shape index (κ2) is 7.36. The van der Waals surface area contributed by atoms with E-state index in [4.69, 9.17) is 0 Å². The van der Waals surface area contributed by atoms with Gasteiger partial charge in [0.25, 0.3) is 0 Å². The Morgan fingerprint density at radius 3 is 2.78 bits per heavy atom. The summed E-state index contributed by atoms with van der Waals surface area (Å²) in [7, 11) is -3.57. The Morgan fingerprint density at radius 2 is 1.96 bits per heavy atom. The minimum Gasteiger partial charge on any atom is -0.336 e. The average molecular weight is 386 g/mol. The summed E-state index contributed by atoms with van der Waals surface area (Å²) >= 11 is 0. The molecule has 7 nitrogen and oxygen atoms in total. The van der Waals surface area contributed by atoms with Crippen LogP contribution < -0.4 is 0 Å². The van der Waals surface area contributed by atoms with Gasteiger partial charge in [-0.1, -0.05) is 18.2 Å². The summed E-state index contributed by atoms with van der Waals surface area (Å²) in [6.07, 6.45) is 5.45. The molecular formula is C19H22N4O3S. The Morgan fingerprint density at radius 1 is 1.15 bits per heavy atom. The summed E-state index contributed by atoms with van der Waals surface area (Å²) in [5.41, 5.74) is 1.97. The van der Waals surface area contributed by atoms with E-state index >= 15 is 0 Å². The summed E-state index contributed by atoms with van der Waals surface area (Å²) in [4.78, 5) is 23.4. The maximum atomic E-state index is 13.0. The van der Waals surface area contributed by atoms with Crippen molar-refractivity contribution in [3.05, 3.63) is 54.1 Å². The van der Waals surface area contributed by atoms with E-state index < -0.39 is 10.0 Å². The number of amides is 1. The number of carbonyl (C=O) groups excluding carboxylic acids is 1. The van der Waals surface area contributed by atoms with Gasteiger partial charge in [0.15, 0.2) is 0 Å². The molecule has 0 saturated carbocycles. The van der Waals surface area contributed by atoms with E-state index in [1.165, 1.54) is 10.6 Å². The van der Waals surface area contributed by atoms with Gasteiger partial charge >= 0.3 is 0 Å². The molecule has 2 aliphatic rings. The van der Waals surface area contributed by atoms with E-state index in [1.807, 2.05) is 0 Å². The fourth-order valence-corrected chi connectivity index (χ4v) is 5.35. The van der Waals surface area contributed by atoms with Crippen molar-refractivity contribution < 1.29 is 13.2 Å². The Bertz CT molecular complexity index is 933. The number of carbonyl (C=O) groups is 1. The molecule has 4 rings (SSSR count). The first-order chi connectivity index (χ1) is 13.1. The second-order valence-corrected chi connectivity index (χ2v) is 8.96. The molecule has 0 radical (unpaired) electrons. The Balaban J connectivity index is 1.48. The molecule has 2 aliphatic heterocycles. The number of hydrogen-bond acceptors (Lipinski definition) is 5.